The van der Waals surface area contributed by atoms with Gasteiger partial charge in [0.2, 0.25) is 23.5 Å². The van der Waals surface area contributed by atoms with Crippen LogP contribution in [0.4, 0.5) is 37.6 Å². The van der Waals surface area contributed by atoms with Gasteiger partial charge in [-0.3, -0.25) is 29.3 Å². The van der Waals surface area contributed by atoms with Gasteiger partial charge in [-0.25, -0.2) is 13.8 Å². The van der Waals surface area contributed by atoms with Crippen molar-refractivity contribution in [3.8, 4) is 5.75 Å². The van der Waals surface area contributed by atoms with Crippen LogP contribution in [0.15, 0.2) is 47.4 Å². The van der Waals surface area contributed by atoms with Gasteiger partial charge in [-0.15, -0.1) is 0 Å². The lowest BCUT2D eigenvalue weighted by atomic mass is 9.92. The third-order valence-electron chi connectivity index (χ3n) is 13.6. The maximum atomic E-state index is 15.2. The zero-order chi connectivity index (χ0) is 43.7. The summed E-state index contributed by atoms with van der Waals surface area (Å²) in [5, 5.41) is 25.8. The Bertz CT molecular complexity index is 2680. The molecule has 3 saturated heterocycles. The number of benzene rings is 2. The van der Waals surface area contributed by atoms with E-state index in [4.69, 9.17) is 26.4 Å². The molecule has 4 aliphatic heterocycles. The maximum Gasteiger partial charge on any atom is 0.301 e. The molecule has 3 atom stereocenters. The molecule has 5 aromatic rings. The van der Waals surface area contributed by atoms with E-state index in [1.54, 1.807) is 25.2 Å². The van der Waals surface area contributed by atoms with Crippen molar-refractivity contribution in [1.82, 2.24) is 34.5 Å². The van der Waals surface area contributed by atoms with Crippen molar-refractivity contribution in [2.75, 3.05) is 72.9 Å². The smallest absolute Gasteiger partial charge is 0.301 e. The van der Waals surface area contributed by atoms with Gasteiger partial charge in [0.05, 0.1) is 53.2 Å². The van der Waals surface area contributed by atoms with Gasteiger partial charge in [-0.2, -0.15) is 10.1 Å². The molecule has 16 nitrogen and oxygen atoms in total. The highest BCUT2D eigenvalue weighted by Gasteiger charge is 2.51. The van der Waals surface area contributed by atoms with Crippen molar-refractivity contribution in [2.45, 2.75) is 62.4 Å². The number of aliphatic hydroxyl groups is 1. The molecule has 4 fully saturated rings. The Morgan fingerprint density at radius 3 is 2.56 bits per heavy atom. The number of carbonyl (C=O) groups excluding carboxylic acids is 2. The molecule has 0 bridgehead atoms. The molecule has 2 aromatic carbocycles. The summed E-state index contributed by atoms with van der Waals surface area (Å²) in [7, 11) is 3.48. The fourth-order valence-electron chi connectivity index (χ4n) is 9.93. The molecule has 4 N–H and O–H groups in total. The fourth-order valence-corrected chi connectivity index (χ4v) is 10.1. The first-order valence-corrected chi connectivity index (χ1v) is 22.1. The van der Waals surface area contributed by atoms with Crippen molar-refractivity contribution in [1.29, 1.82) is 0 Å². The minimum absolute atomic E-state index is 0.0874. The topological polar surface area (TPSA) is 175 Å². The van der Waals surface area contributed by atoms with E-state index in [1.165, 1.54) is 10.8 Å². The van der Waals surface area contributed by atoms with Gasteiger partial charge in [0, 0.05) is 81.9 Å². The second-order valence-electron chi connectivity index (χ2n) is 17.7. The Morgan fingerprint density at radius 1 is 0.984 bits per heavy atom. The standard InChI is InChI=1S/C44H50ClF2N11O5/c1-54-33-9-5-26(17-31(33)37-38(42(54)62)63-23-44(46,47)39(51-37)25-3-4-25)49-40-32(45)19-48-43(52-40)58-16-15-56(21-28(58)22-59)20-24-11-13-57(14-12-24)27-6-7-29-34(18-27)55(2)53-36(29)30-8-10-35(60)50-41(30)61/h5-7,9,17-19,24-25,28,30,39,51,59H,3-4,8,10-16,20-23H2,1-2H3,(H,48,49,52)(H,50,60,61). The van der Waals surface area contributed by atoms with Gasteiger partial charge in [0.25, 0.3) is 5.56 Å². The summed E-state index contributed by atoms with van der Waals surface area (Å²) in [6.45, 7) is 3.78. The van der Waals surface area contributed by atoms with Crippen molar-refractivity contribution in [2.24, 2.45) is 25.9 Å². The second kappa shape index (κ2) is 16.2. The summed E-state index contributed by atoms with van der Waals surface area (Å²) in [5.41, 5.74) is 3.66. The van der Waals surface area contributed by atoms with E-state index in [1.807, 2.05) is 22.7 Å². The van der Waals surface area contributed by atoms with Crippen molar-refractivity contribution in [3.63, 3.8) is 0 Å². The number of hydrogen-bond donors (Lipinski definition) is 4. The molecule has 19 heteroatoms. The Kier molecular flexibility index (Phi) is 10.6. The number of pyridine rings is 1. The molecule has 3 aromatic heterocycles. The zero-order valence-corrected chi connectivity index (χ0v) is 35.9. The van der Waals surface area contributed by atoms with Gasteiger partial charge in [0.1, 0.15) is 5.02 Å². The third-order valence-corrected chi connectivity index (χ3v) is 13.8. The fraction of sp³-hybridized carbons (Fsp3) is 0.500. The number of piperazine rings is 1. The van der Waals surface area contributed by atoms with E-state index in [9.17, 15) is 19.5 Å². The molecule has 63 heavy (non-hydrogen) atoms. The van der Waals surface area contributed by atoms with Crippen LogP contribution in [-0.4, -0.2) is 117 Å². The quantitative estimate of drug-likeness (QED) is 0.150. The number of fused-ring (bicyclic) bond motifs is 4. The molecular weight excluding hydrogens is 836 g/mol. The van der Waals surface area contributed by atoms with Gasteiger partial charge in [0.15, 0.2) is 12.4 Å². The third kappa shape index (κ3) is 7.79. The highest BCUT2D eigenvalue weighted by atomic mass is 35.5. The molecule has 7 heterocycles. The Balaban J connectivity index is 0.789. The lowest BCUT2D eigenvalue weighted by molar-refractivity contribution is -0.134. The van der Waals surface area contributed by atoms with E-state index in [0.717, 1.165) is 55.6 Å². The van der Waals surface area contributed by atoms with Crippen molar-refractivity contribution >= 4 is 74.0 Å². The van der Waals surface area contributed by atoms with E-state index >= 15 is 8.78 Å². The zero-order valence-electron chi connectivity index (χ0n) is 35.1. The van der Waals surface area contributed by atoms with Gasteiger partial charge in [-0.05, 0) is 80.3 Å². The number of aliphatic hydroxyl groups excluding tert-OH is 1. The first kappa shape index (κ1) is 41.4. The second-order valence-corrected chi connectivity index (χ2v) is 18.1. The van der Waals surface area contributed by atoms with Crippen LogP contribution in [0.25, 0.3) is 21.8 Å². The summed E-state index contributed by atoms with van der Waals surface area (Å²) in [6, 6.07) is 10.2. The Morgan fingerprint density at radius 2 is 1.79 bits per heavy atom. The summed E-state index contributed by atoms with van der Waals surface area (Å²) in [6.07, 6.45) is 5.71. The first-order chi connectivity index (χ1) is 30.3. The number of alkyl halides is 2. The van der Waals surface area contributed by atoms with E-state index in [-0.39, 0.29) is 46.8 Å². The normalized spacial score (nSPS) is 23.3. The lowest BCUT2D eigenvalue weighted by Crippen LogP contribution is -2.56. The predicted molar refractivity (Wildman–Crippen MR) is 236 cm³/mol. The number of rotatable bonds is 9. The lowest BCUT2D eigenvalue weighted by Gasteiger charge is -2.43. The molecule has 2 amide bonds. The van der Waals surface area contributed by atoms with Crippen LogP contribution >= 0.6 is 11.6 Å². The summed E-state index contributed by atoms with van der Waals surface area (Å²) in [4.78, 5) is 53.8. The average Bonchev–Trinajstić information content (AvgIpc) is 4.08. The molecule has 1 saturated carbocycles. The number of ether oxygens (including phenoxy) is 1. The summed E-state index contributed by atoms with van der Waals surface area (Å²) < 4.78 is 39.1. The molecule has 3 unspecified atom stereocenters. The number of aromatic nitrogens is 5. The number of piperidine rings is 2. The van der Waals surface area contributed by atoms with Crippen LogP contribution in [-0.2, 0) is 23.7 Å². The number of aryl methyl sites for hydroxylation is 2. The van der Waals surface area contributed by atoms with Gasteiger partial charge < -0.3 is 34.8 Å². The van der Waals surface area contributed by atoms with E-state index in [2.05, 4.69) is 42.9 Å². The SMILES string of the molecule is Cn1nc(C2CCC(=O)NC2=O)c2ccc(N3CCC(CN4CCN(c5ncc(Cl)c(Nc6ccc7c(c6)c6c(c(=O)n7C)OCC(F)(F)C(C7CC7)N6)n5)C(CO)C4)CC3)cc21. The highest BCUT2D eigenvalue weighted by Crippen LogP contribution is 2.46. The van der Waals surface area contributed by atoms with Crippen LogP contribution in [0.2, 0.25) is 5.02 Å². The molecule has 0 spiro atoms. The highest BCUT2D eigenvalue weighted by molar-refractivity contribution is 6.33. The van der Waals surface area contributed by atoms with Gasteiger partial charge >= 0.3 is 5.92 Å². The Hall–Kier alpha value is -5.59. The number of amides is 2. The molecular formula is C44H50ClF2N11O5. The molecule has 10 rings (SSSR count). The number of carbonyl (C=O) groups is 2. The van der Waals surface area contributed by atoms with Crippen LogP contribution < -0.4 is 36.0 Å². The number of imide groups is 1. The van der Waals surface area contributed by atoms with Crippen LogP contribution in [0.3, 0.4) is 0 Å². The number of anilines is 5. The van der Waals surface area contributed by atoms with Crippen LogP contribution in [0, 0.1) is 11.8 Å². The molecule has 0 radical (unpaired) electrons. The van der Waals surface area contributed by atoms with Crippen LogP contribution in [0.5, 0.6) is 5.75 Å². The molecule has 1 aliphatic carbocycles. The minimum Gasteiger partial charge on any atom is -0.480 e. The number of nitrogens with zero attached hydrogens (tertiary/aromatic N) is 8. The van der Waals surface area contributed by atoms with Crippen LogP contribution in [0.1, 0.15) is 50.1 Å². The summed E-state index contributed by atoms with van der Waals surface area (Å²) >= 11 is 6.65. The largest absolute Gasteiger partial charge is 0.480 e. The maximum absolute atomic E-state index is 15.2. The van der Waals surface area contributed by atoms with Crippen molar-refractivity contribution < 1.29 is 28.2 Å². The number of nitrogens with one attached hydrogen (secondary N) is 3. The molecule has 5 aliphatic rings. The number of halogens is 3. The molecule has 332 valence electrons. The van der Waals surface area contributed by atoms with E-state index < -0.39 is 30.0 Å². The van der Waals surface area contributed by atoms with E-state index in [0.29, 0.717) is 78.7 Å². The average molecular weight is 886 g/mol. The van der Waals surface area contributed by atoms with Gasteiger partial charge in [-0.1, -0.05) is 11.6 Å². The number of hydrogen-bond acceptors (Lipinski definition) is 13. The minimum atomic E-state index is -3.15. The summed E-state index contributed by atoms with van der Waals surface area (Å²) in [5.74, 6) is -3.20. The van der Waals surface area contributed by atoms with Crippen molar-refractivity contribution in [3.05, 3.63) is 63.7 Å². The predicted octanol–water partition coefficient (Wildman–Crippen LogP) is 4.75. The monoisotopic (exact) mass is 885 g/mol. The Labute approximate surface area is 366 Å². The first-order valence-electron chi connectivity index (χ1n) is 21.7.